The number of carbonyl (C=O) groups is 1. The molecule has 4 aromatic rings. The van der Waals surface area contributed by atoms with Gasteiger partial charge in [-0.25, -0.2) is 14.8 Å². The lowest BCUT2D eigenvalue weighted by Crippen LogP contribution is -2.50. The molecule has 2 amide bonds. The number of nitrogens with zero attached hydrogens (tertiary/aromatic N) is 6. The number of methoxy groups -OCH3 is 2. The molecule has 3 N–H and O–H groups in total. The molecule has 0 atom stereocenters. The Morgan fingerprint density at radius 2 is 1.78 bits per heavy atom. The highest BCUT2D eigenvalue weighted by molar-refractivity contribution is 6.30. The largest absolute Gasteiger partial charge is 0.493 e. The lowest BCUT2D eigenvalue weighted by molar-refractivity contribution is 0.208. The van der Waals surface area contributed by atoms with Crippen molar-refractivity contribution in [2.24, 2.45) is 0 Å². The molecule has 0 radical (unpaired) electrons. The van der Waals surface area contributed by atoms with E-state index in [1.807, 2.05) is 23.1 Å². The summed E-state index contributed by atoms with van der Waals surface area (Å²) in [4.78, 5) is 34.6. The van der Waals surface area contributed by atoms with Gasteiger partial charge in [0.15, 0.2) is 28.5 Å². The predicted octanol–water partition coefficient (Wildman–Crippen LogP) is 3.69. The fourth-order valence-corrected chi connectivity index (χ4v) is 4.35. The summed E-state index contributed by atoms with van der Waals surface area (Å²) < 4.78 is 10.8. The Morgan fingerprint density at radius 1 is 1.00 bits per heavy atom. The van der Waals surface area contributed by atoms with Crippen molar-refractivity contribution < 1.29 is 14.3 Å². The van der Waals surface area contributed by atoms with Crippen LogP contribution in [0.2, 0.25) is 5.02 Å². The van der Waals surface area contributed by atoms with Gasteiger partial charge in [0.25, 0.3) is 0 Å². The third kappa shape index (κ3) is 5.12. The Hall–Kier alpha value is -4.38. The monoisotopic (exact) mass is 520 g/mol. The zero-order valence-electron chi connectivity index (χ0n) is 20.3. The highest BCUT2D eigenvalue weighted by Gasteiger charge is 2.25. The molecular formula is C25H25ClN8O3. The predicted molar refractivity (Wildman–Crippen MR) is 142 cm³/mol. The Bertz CT molecular complexity index is 1460. The number of urea groups is 1. The molecule has 0 spiro atoms. The Morgan fingerprint density at radius 3 is 2.51 bits per heavy atom. The second kappa shape index (κ2) is 10.3. The highest BCUT2D eigenvalue weighted by Crippen LogP contribution is 2.33. The van der Waals surface area contributed by atoms with Crippen molar-refractivity contribution >= 4 is 46.2 Å². The fraction of sp³-hybridized carbons (Fsp3) is 0.240. The van der Waals surface area contributed by atoms with Crippen LogP contribution < -0.4 is 25.4 Å². The molecule has 190 valence electrons. The quantitative estimate of drug-likeness (QED) is 0.404. The van der Waals surface area contributed by atoms with Crippen LogP contribution in [0.1, 0.15) is 0 Å². The van der Waals surface area contributed by atoms with E-state index in [0.717, 1.165) is 5.56 Å². The second-order valence-corrected chi connectivity index (χ2v) is 8.75. The molecule has 3 heterocycles. The van der Waals surface area contributed by atoms with Gasteiger partial charge in [-0.1, -0.05) is 17.7 Å². The molecule has 1 aliphatic rings. The molecule has 37 heavy (non-hydrogen) atoms. The first kappa shape index (κ1) is 24.3. The maximum Gasteiger partial charge on any atom is 0.321 e. The lowest BCUT2D eigenvalue weighted by atomic mass is 10.1. The summed E-state index contributed by atoms with van der Waals surface area (Å²) in [5.74, 6) is 1.89. The zero-order valence-corrected chi connectivity index (χ0v) is 21.1. The molecule has 1 saturated heterocycles. The SMILES string of the molecule is COc1ccc(-c2cnc3nc(N)nc(N4CCN(C(=O)Nc5cccc(Cl)c5)CC4)c3n2)cc1OC. The van der Waals surface area contributed by atoms with E-state index < -0.39 is 0 Å². The molecular weight excluding hydrogens is 496 g/mol. The van der Waals surface area contributed by atoms with Gasteiger partial charge in [-0.2, -0.15) is 9.97 Å². The maximum atomic E-state index is 12.8. The minimum absolute atomic E-state index is 0.108. The van der Waals surface area contributed by atoms with Crippen molar-refractivity contribution in [2.45, 2.75) is 0 Å². The van der Waals surface area contributed by atoms with E-state index in [4.69, 9.17) is 31.8 Å². The molecule has 12 heteroatoms. The number of amides is 2. The normalized spacial score (nSPS) is 13.5. The average Bonchev–Trinajstić information content (AvgIpc) is 2.92. The summed E-state index contributed by atoms with van der Waals surface area (Å²) in [5, 5.41) is 3.45. The number of hydrogen-bond acceptors (Lipinski definition) is 9. The second-order valence-electron chi connectivity index (χ2n) is 8.32. The van der Waals surface area contributed by atoms with Crippen LogP contribution >= 0.6 is 11.6 Å². The Kier molecular flexibility index (Phi) is 6.78. The number of rotatable bonds is 5. The van der Waals surface area contributed by atoms with E-state index in [1.54, 1.807) is 49.6 Å². The Balaban J connectivity index is 1.38. The van der Waals surface area contributed by atoms with Crippen molar-refractivity contribution in [1.29, 1.82) is 0 Å². The molecule has 0 unspecified atom stereocenters. The summed E-state index contributed by atoms with van der Waals surface area (Å²) in [5.41, 5.74) is 8.99. The smallest absolute Gasteiger partial charge is 0.321 e. The number of anilines is 3. The number of benzene rings is 2. The molecule has 1 fully saturated rings. The third-order valence-electron chi connectivity index (χ3n) is 6.03. The van der Waals surface area contributed by atoms with Crippen molar-refractivity contribution in [3.63, 3.8) is 0 Å². The molecule has 0 aliphatic carbocycles. The number of aromatic nitrogens is 4. The number of nitrogens with two attached hydrogens (primary N) is 1. The van der Waals surface area contributed by atoms with Crippen molar-refractivity contribution in [3.8, 4) is 22.8 Å². The van der Waals surface area contributed by atoms with Crippen LogP contribution in [-0.4, -0.2) is 71.3 Å². The van der Waals surface area contributed by atoms with Gasteiger partial charge < -0.3 is 30.3 Å². The number of halogens is 1. The number of fused-ring (bicyclic) bond motifs is 1. The van der Waals surface area contributed by atoms with Gasteiger partial charge in [0.2, 0.25) is 5.95 Å². The summed E-state index contributed by atoms with van der Waals surface area (Å²) in [6.07, 6.45) is 1.64. The first-order valence-corrected chi connectivity index (χ1v) is 11.9. The minimum atomic E-state index is -0.190. The number of hydrogen-bond donors (Lipinski definition) is 2. The number of nitrogens with one attached hydrogen (secondary N) is 1. The van der Waals surface area contributed by atoms with Crippen LogP contribution in [0.25, 0.3) is 22.4 Å². The van der Waals surface area contributed by atoms with Gasteiger partial charge in [-0.3, -0.25) is 0 Å². The maximum absolute atomic E-state index is 12.8. The van der Waals surface area contributed by atoms with Gasteiger partial charge in [-0.05, 0) is 36.4 Å². The third-order valence-corrected chi connectivity index (χ3v) is 6.26. The van der Waals surface area contributed by atoms with E-state index in [-0.39, 0.29) is 12.0 Å². The van der Waals surface area contributed by atoms with Crippen LogP contribution in [0.15, 0.2) is 48.7 Å². The highest BCUT2D eigenvalue weighted by atomic mass is 35.5. The van der Waals surface area contributed by atoms with Crippen molar-refractivity contribution in [3.05, 3.63) is 53.7 Å². The van der Waals surface area contributed by atoms with E-state index in [9.17, 15) is 4.79 Å². The summed E-state index contributed by atoms with van der Waals surface area (Å²) >= 11 is 6.02. The summed E-state index contributed by atoms with van der Waals surface area (Å²) in [7, 11) is 3.17. The fourth-order valence-electron chi connectivity index (χ4n) is 4.15. The molecule has 11 nitrogen and oxygen atoms in total. The van der Waals surface area contributed by atoms with Gasteiger partial charge in [0.05, 0.1) is 26.1 Å². The van der Waals surface area contributed by atoms with Crippen LogP contribution in [-0.2, 0) is 0 Å². The molecule has 0 saturated carbocycles. The number of carbonyl (C=O) groups excluding carboxylic acids is 1. The van der Waals surface area contributed by atoms with Gasteiger partial charge in [0, 0.05) is 42.5 Å². The van der Waals surface area contributed by atoms with E-state index >= 15 is 0 Å². The lowest BCUT2D eigenvalue weighted by Gasteiger charge is -2.35. The van der Waals surface area contributed by atoms with Crippen molar-refractivity contribution in [1.82, 2.24) is 24.8 Å². The van der Waals surface area contributed by atoms with E-state index in [0.29, 0.717) is 71.1 Å². The van der Waals surface area contributed by atoms with E-state index in [2.05, 4.69) is 20.3 Å². The van der Waals surface area contributed by atoms with Gasteiger partial charge in [0.1, 0.15) is 0 Å². The standard InChI is InChI=1S/C25H25ClN8O3/c1-36-19-7-6-15(12-20(19)37-2)18-14-28-22-21(30-18)23(32-24(27)31-22)33-8-10-34(11-9-33)25(35)29-17-5-3-4-16(26)13-17/h3-7,12-14H,8-11H2,1-2H3,(H,29,35)(H2,27,28,31,32). The molecule has 1 aliphatic heterocycles. The topological polar surface area (TPSA) is 132 Å². The molecule has 5 rings (SSSR count). The number of ether oxygens (including phenoxy) is 2. The average molecular weight is 521 g/mol. The molecule has 2 aromatic heterocycles. The minimum Gasteiger partial charge on any atom is -0.493 e. The number of nitrogen functional groups attached to an aromatic ring is 1. The van der Waals surface area contributed by atoms with Crippen LogP contribution in [0.3, 0.4) is 0 Å². The first-order chi connectivity index (χ1) is 17.9. The number of piperazine rings is 1. The van der Waals surface area contributed by atoms with Gasteiger partial charge >= 0.3 is 6.03 Å². The summed E-state index contributed by atoms with van der Waals surface area (Å²) in [6.45, 7) is 2.05. The zero-order chi connectivity index (χ0) is 25.9. The first-order valence-electron chi connectivity index (χ1n) is 11.5. The van der Waals surface area contributed by atoms with E-state index in [1.165, 1.54) is 0 Å². The van der Waals surface area contributed by atoms with Crippen molar-refractivity contribution in [2.75, 3.05) is 56.3 Å². The van der Waals surface area contributed by atoms with Gasteiger partial charge in [-0.15, -0.1) is 0 Å². The van der Waals surface area contributed by atoms with Crippen LogP contribution in [0.5, 0.6) is 11.5 Å². The summed E-state index contributed by atoms with van der Waals surface area (Å²) in [6, 6.07) is 12.4. The molecule has 2 aromatic carbocycles. The molecule has 0 bridgehead atoms. The van der Waals surface area contributed by atoms with Crippen LogP contribution in [0, 0.1) is 0 Å². The Labute approximate surface area is 218 Å². The van der Waals surface area contributed by atoms with Crippen LogP contribution in [0.4, 0.5) is 22.2 Å².